The van der Waals surface area contributed by atoms with Crippen molar-refractivity contribution in [1.82, 2.24) is 30.6 Å². The third-order valence-corrected chi connectivity index (χ3v) is 3.80. The van der Waals surface area contributed by atoms with Gasteiger partial charge in [0.15, 0.2) is 11.5 Å². The molecule has 0 saturated carbocycles. The first-order valence-corrected chi connectivity index (χ1v) is 5.94. The molecule has 2 aromatic rings. The minimum Gasteiger partial charge on any atom is -0.351 e. The molecule has 7 nitrogen and oxygen atoms in total. The van der Waals surface area contributed by atoms with Gasteiger partial charge in [-0.2, -0.15) is 0 Å². The predicted octanol–water partition coefficient (Wildman–Crippen LogP) is -0.683. The summed E-state index contributed by atoms with van der Waals surface area (Å²) in [4.78, 5) is 2.37. The Morgan fingerprint density at radius 3 is 3.29 bits per heavy atom. The topological polar surface area (TPSA) is 71.2 Å². The Bertz CT molecular complexity index is 550. The van der Waals surface area contributed by atoms with Crippen molar-refractivity contribution in [2.45, 2.75) is 12.5 Å². The first-order chi connectivity index (χ1) is 8.42. The molecule has 0 amide bonds. The van der Waals surface area contributed by atoms with Gasteiger partial charge in [-0.3, -0.25) is 0 Å². The van der Waals surface area contributed by atoms with Crippen LogP contribution in [0.15, 0.2) is 12.1 Å². The van der Waals surface area contributed by atoms with E-state index < -0.39 is 0 Å². The molecule has 4 rings (SSSR count). The Morgan fingerprint density at radius 1 is 1.29 bits per heavy atom. The predicted molar refractivity (Wildman–Crippen MR) is 60.7 cm³/mol. The molecule has 0 aliphatic carbocycles. The van der Waals surface area contributed by atoms with Gasteiger partial charge in [0, 0.05) is 25.7 Å². The summed E-state index contributed by atoms with van der Waals surface area (Å²) in [5.41, 5.74) is 0.689. The number of nitrogens with zero attached hydrogens (tertiary/aromatic N) is 6. The van der Waals surface area contributed by atoms with E-state index in [1.807, 2.05) is 12.1 Å². The van der Waals surface area contributed by atoms with Gasteiger partial charge in [-0.25, -0.2) is 0 Å². The van der Waals surface area contributed by atoms with Gasteiger partial charge in [0.1, 0.15) is 0 Å². The van der Waals surface area contributed by atoms with Crippen molar-refractivity contribution in [2.75, 3.05) is 24.5 Å². The molecular formula is C10H13N7. The molecule has 0 aromatic carbocycles. The van der Waals surface area contributed by atoms with E-state index in [0.29, 0.717) is 11.7 Å². The lowest BCUT2D eigenvalue weighted by molar-refractivity contribution is 0.575. The lowest BCUT2D eigenvalue weighted by atomic mass is 10.1. The van der Waals surface area contributed by atoms with Gasteiger partial charge < -0.3 is 10.2 Å². The highest BCUT2D eigenvalue weighted by Gasteiger charge is 2.38. The second-order valence-corrected chi connectivity index (χ2v) is 4.69. The minimum atomic E-state index is 0.580. The zero-order chi connectivity index (χ0) is 11.2. The minimum absolute atomic E-state index is 0.580. The van der Waals surface area contributed by atoms with E-state index >= 15 is 0 Å². The van der Waals surface area contributed by atoms with E-state index in [4.69, 9.17) is 0 Å². The van der Waals surface area contributed by atoms with E-state index in [2.05, 4.69) is 30.8 Å². The van der Waals surface area contributed by atoms with Gasteiger partial charge in [-0.1, -0.05) is 0 Å². The van der Waals surface area contributed by atoms with Crippen molar-refractivity contribution >= 4 is 11.5 Å². The van der Waals surface area contributed by atoms with Crippen LogP contribution in [0.25, 0.3) is 5.65 Å². The van der Waals surface area contributed by atoms with Crippen LogP contribution in [-0.4, -0.2) is 50.9 Å². The Kier molecular flexibility index (Phi) is 1.84. The van der Waals surface area contributed by atoms with Crippen LogP contribution < -0.4 is 10.2 Å². The number of aromatic nitrogens is 5. The van der Waals surface area contributed by atoms with Crippen LogP contribution in [0.3, 0.4) is 0 Å². The van der Waals surface area contributed by atoms with Gasteiger partial charge in [-0.05, 0) is 34.9 Å². The van der Waals surface area contributed by atoms with Gasteiger partial charge in [0.2, 0.25) is 0 Å². The number of tetrazole rings is 1. The van der Waals surface area contributed by atoms with Gasteiger partial charge >= 0.3 is 0 Å². The molecule has 2 aromatic heterocycles. The van der Waals surface area contributed by atoms with Crippen molar-refractivity contribution in [1.29, 1.82) is 0 Å². The van der Waals surface area contributed by atoms with Crippen LogP contribution >= 0.6 is 0 Å². The van der Waals surface area contributed by atoms with Gasteiger partial charge in [0.25, 0.3) is 0 Å². The molecule has 0 spiro atoms. The highest BCUT2D eigenvalue weighted by Crippen LogP contribution is 2.30. The maximum absolute atomic E-state index is 4.46. The lowest BCUT2D eigenvalue weighted by Crippen LogP contribution is -2.35. The molecule has 88 valence electrons. The van der Waals surface area contributed by atoms with Crippen molar-refractivity contribution in [2.24, 2.45) is 5.92 Å². The van der Waals surface area contributed by atoms with Crippen molar-refractivity contribution in [3.05, 3.63) is 12.1 Å². The second kappa shape index (κ2) is 3.36. The molecule has 17 heavy (non-hydrogen) atoms. The molecular weight excluding hydrogens is 218 g/mol. The fourth-order valence-corrected chi connectivity index (χ4v) is 2.93. The van der Waals surface area contributed by atoms with Crippen LogP contribution in [-0.2, 0) is 0 Å². The quantitative estimate of drug-likeness (QED) is 0.701. The number of hydrogen-bond acceptors (Lipinski definition) is 6. The van der Waals surface area contributed by atoms with E-state index in [9.17, 15) is 0 Å². The van der Waals surface area contributed by atoms with E-state index in [0.717, 1.165) is 31.4 Å². The molecule has 0 bridgehead atoms. The van der Waals surface area contributed by atoms with E-state index in [1.54, 1.807) is 0 Å². The summed E-state index contributed by atoms with van der Waals surface area (Å²) in [6, 6.07) is 4.50. The zero-order valence-electron chi connectivity index (χ0n) is 9.32. The normalized spacial score (nSPS) is 27.9. The molecule has 2 atom stereocenters. The highest BCUT2D eigenvalue weighted by atomic mass is 15.6. The molecule has 2 saturated heterocycles. The summed E-state index contributed by atoms with van der Waals surface area (Å²) in [5, 5.41) is 19.2. The third-order valence-electron chi connectivity index (χ3n) is 3.80. The summed E-state index contributed by atoms with van der Waals surface area (Å²) >= 11 is 0. The lowest BCUT2D eigenvalue weighted by Gasteiger charge is -2.23. The summed E-state index contributed by atoms with van der Waals surface area (Å²) in [6.45, 7) is 3.27. The number of anilines is 1. The van der Waals surface area contributed by atoms with Crippen molar-refractivity contribution in [3.63, 3.8) is 0 Å². The van der Waals surface area contributed by atoms with Crippen molar-refractivity contribution in [3.8, 4) is 0 Å². The number of fused-ring (bicyclic) bond motifs is 2. The molecule has 0 unspecified atom stereocenters. The smallest absolute Gasteiger partial charge is 0.200 e. The van der Waals surface area contributed by atoms with Crippen LogP contribution in [0.4, 0.5) is 5.82 Å². The first-order valence-electron chi connectivity index (χ1n) is 5.94. The maximum atomic E-state index is 4.46. The molecule has 2 aliphatic rings. The van der Waals surface area contributed by atoms with Gasteiger partial charge in [0.05, 0.1) is 0 Å². The van der Waals surface area contributed by atoms with Crippen LogP contribution in [0.5, 0.6) is 0 Å². The number of nitrogens with one attached hydrogen (secondary N) is 1. The summed E-state index contributed by atoms with van der Waals surface area (Å²) < 4.78 is 1.49. The fraction of sp³-hybridized carbons (Fsp3) is 0.600. The van der Waals surface area contributed by atoms with E-state index in [1.165, 1.54) is 11.1 Å². The Balaban J connectivity index is 1.73. The molecule has 4 heterocycles. The summed E-state index contributed by atoms with van der Waals surface area (Å²) in [5.74, 6) is 1.74. The number of hydrogen-bond donors (Lipinski definition) is 1. The molecule has 0 radical (unpaired) electrons. The zero-order valence-corrected chi connectivity index (χ0v) is 9.32. The van der Waals surface area contributed by atoms with Gasteiger partial charge in [-0.15, -0.1) is 14.8 Å². The molecule has 7 heteroatoms. The molecule has 1 N–H and O–H groups in total. The van der Waals surface area contributed by atoms with Crippen LogP contribution in [0.1, 0.15) is 6.42 Å². The van der Waals surface area contributed by atoms with Crippen LogP contribution in [0, 0.1) is 5.92 Å². The first kappa shape index (κ1) is 9.29. The standard InChI is InChI=1S/C10H13N7/c1-2-10(13-17-9(1)12-14-15-17)16-4-3-7-5-11-6-8(7)16/h1-2,7-8,11H,3-6H2/t7-,8+/m0/s1. The largest absolute Gasteiger partial charge is 0.351 e. The second-order valence-electron chi connectivity index (χ2n) is 4.69. The Labute approximate surface area is 97.8 Å². The summed E-state index contributed by atoms with van der Waals surface area (Å²) in [7, 11) is 0. The van der Waals surface area contributed by atoms with Crippen molar-refractivity contribution < 1.29 is 0 Å². The Morgan fingerprint density at radius 2 is 2.29 bits per heavy atom. The highest BCUT2D eigenvalue weighted by molar-refractivity contribution is 5.46. The average Bonchev–Trinajstić information content (AvgIpc) is 3.03. The monoisotopic (exact) mass is 231 g/mol. The van der Waals surface area contributed by atoms with E-state index in [-0.39, 0.29) is 0 Å². The molecule has 2 fully saturated rings. The van der Waals surface area contributed by atoms with Crippen LogP contribution in [0.2, 0.25) is 0 Å². The average molecular weight is 231 g/mol. The maximum Gasteiger partial charge on any atom is 0.200 e. The molecule has 2 aliphatic heterocycles. The fourth-order valence-electron chi connectivity index (χ4n) is 2.93. The SMILES string of the molecule is c1cc2nnnn2nc1N1CC[C@H]2CNC[C@H]21. The Hall–Kier alpha value is -1.76. The summed E-state index contributed by atoms with van der Waals surface area (Å²) in [6.07, 6.45) is 1.24. The number of rotatable bonds is 1. The third kappa shape index (κ3) is 1.32.